The number of rotatable bonds is 17. The van der Waals surface area contributed by atoms with Crippen LogP contribution in [0, 0.1) is 17.7 Å². The Morgan fingerprint density at radius 1 is 0.744 bits per heavy atom. The number of piperazine rings is 2. The van der Waals surface area contributed by atoms with Crippen LogP contribution in [0.3, 0.4) is 0 Å². The quantitative estimate of drug-likeness (QED) is 0.126. The van der Waals surface area contributed by atoms with E-state index in [-0.39, 0.29) is 64.3 Å². The van der Waals surface area contributed by atoms with Crippen molar-refractivity contribution in [3.63, 3.8) is 0 Å². The number of benzene rings is 3. The van der Waals surface area contributed by atoms with Crippen LogP contribution in [0.4, 0.5) is 4.39 Å². The van der Waals surface area contributed by atoms with E-state index in [1.165, 1.54) is 6.07 Å². The number of hydrogen-bond acceptors (Lipinski definition) is 12. The number of amides is 5. The normalized spacial score (nSPS) is 24.6. The van der Waals surface area contributed by atoms with Gasteiger partial charge in [0.2, 0.25) is 17.7 Å². The summed E-state index contributed by atoms with van der Waals surface area (Å²) in [5.41, 5.74) is 2.24. The third-order valence-corrected chi connectivity index (χ3v) is 19.5. The summed E-state index contributed by atoms with van der Waals surface area (Å²) in [6.07, 6.45) is 13.0. The average Bonchev–Trinajstić information content (AvgIpc) is 3.57. The SMILES string of the molecule is COC12CCC(CNCC(=O)N3CCCC(c4cccc(C(=O)NC(C(=O)N5CCN(CC6CCN(CC(=O)N7CCN(C(=O)c8cc(Cc9n[nH]c(=O)c%10ccccc9%10)ccc8F)CC7)CC6)CC5)C5CCCCC5)c4)C3)(CC1)OC2. The van der Waals surface area contributed by atoms with Gasteiger partial charge >= 0.3 is 0 Å². The molecular formula is C63H83FN10O8. The number of piperidine rings is 2. The Bertz CT molecular complexity index is 2970. The maximum atomic E-state index is 15.2. The van der Waals surface area contributed by atoms with Gasteiger partial charge in [-0.15, -0.1) is 0 Å². The lowest BCUT2D eigenvalue weighted by molar-refractivity contribution is -0.224. The number of fused-ring (bicyclic) bond motifs is 4. The van der Waals surface area contributed by atoms with E-state index in [4.69, 9.17) is 9.47 Å². The molecule has 19 heteroatoms. The van der Waals surface area contributed by atoms with Gasteiger partial charge in [0.15, 0.2) is 0 Å². The molecule has 4 aromatic rings. The third kappa shape index (κ3) is 13.3. The number of ether oxygens (including phenoxy) is 2. The summed E-state index contributed by atoms with van der Waals surface area (Å²) in [6.45, 7) is 9.94. The first kappa shape index (κ1) is 57.7. The summed E-state index contributed by atoms with van der Waals surface area (Å²) in [6, 6.07) is 18.9. The van der Waals surface area contributed by atoms with E-state index in [1.54, 1.807) is 36.3 Å². The Morgan fingerprint density at radius 3 is 2.21 bits per heavy atom. The lowest BCUT2D eigenvalue weighted by Gasteiger charge is -2.52. The first-order valence-electron chi connectivity index (χ1n) is 30.5. The van der Waals surface area contributed by atoms with Crippen LogP contribution in [0.15, 0.2) is 71.5 Å². The molecule has 2 bridgehead atoms. The lowest BCUT2D eigenvalue weighted by Crippen LogP contribution is -2.59. The molecule has 12 rings (SSSR count). The fourth-order valence-corrected chi connectivity index (χ4v) is 14.2. The highest BCUT2D eigenvalue weighted by Gasteiger charge is 2.50. The van der Waals surface area contributed by atoms with Crippen molar-refractivity contribution in [3.8, 4) is 0 Å². The van der Waals surface area contributed by atoms with Crippen LogP contribution in [0.5, 0.6) is 0 Å². The smallest absolute Gasteiger partial charge is 0.272 e. The maximum Gasteiger partial charge on any atom is 0.272 e. The molecule has 82 heavy (non-hydrogen) atoms. The molecule has 0 radical (unpaired) electrons. The van der Waals surface area contributed by atoms with Gasteiger partial charge in [0, 0.05) is 109 Å². The van der Waals surface area contributed by atoms with Crippen LogP contribution in [0.2, 0.25) is 0 Å². The summed E-state index contributed by atoms with van der Waals surface area (Å²) in [7, 11) is 1.77. The summed E-state index contributed by atoms with van der Waals surface area (Å²) in [4.78, 5) is 93.8. The molecule has 18 nitrogen and oxygen atoms in total. The minimum absolute atomic E-state index is 0.0181. The minimum atomic E-state index is -0.607. The van der Waals surface area contributed by atoms with Crippen LogP contribution < -0.4 is 16.2 Å². The Balaban J connectivity index is 0.605. The second-order valence-corrected chi connectivity index (χ2v) is 24.7. The maximum absolute atomic E-state index is 15.2. The zero-order valence-corrected chi connectivity index (χ0v) is 47.9. The predicted molar refractivity (Wildman–Crippen MR) is 309 cm³/mol. The molecule has 8 fully saturated rings. The zero-order valence-electron chi connectivity index (χ0n) is 47.9. The number of aromatic amines is 1. The van der Waals surface area contributed by atoms with E-state index in [9.17, 15) is 28.8 Å². The molecule has 6 aliphatic heterocycles. The Labute approximate surface area is 480 Å². The summed E-state index contributed by atoms with van der Waals surface area (Å²) in [5, 5.41) is 14.7. The van der Waals surface area contributed by atoms with Crippen molar-refractivity contribution < 1.29 is 37.8 Å². The molecule has 6 saturated heterocycles. The first-order chi connectivity index (χ1) is 39.8. The van der Waals surface area contributed by atoms with Crippen LogP contribution in [-0.2, 0) is 30.3 Å². The monoisotopic (exact) mass is 1130 g/mol. The molecule has 3 N–H and O–H groups in total. The second kappa shape index (κ2) is 25.8. The fraction of sp³-hybridized carbons (Fsp3) is 0.603. The third-order valence-electron chi connectivity index (χ3n) is 19.5. The predicted octanol–water partition coefficient (Wildman–Crippen LogP) is 5.20. The number of carbonyl (C=O) groups excluding carboxylic acids is 5. The topological polar surface area (TPSA) is 193 Å². The van der Waals surface area contributed by atoms with Crippen LogP contribution in [0.25, 0.3) is 10.8 Å². The molecule has 3 aromatic carbocycles. The van der Waals surface area contributed by atoms with Crippen LogP contribution in [-0.4, -0.2) is 205 Å². The number of hydrogen-bond donors (Lipinski definition) is 3. The lowest BCUT2D eigenvalue weighted by atomic mass is 9.73. The Hall–Kier alpha value is -6.12. The minimum Gasteiger partial charge on any atom is -0.376 e. The number of aromatic nitrogens is 2. The highest BCUT2D eigenvalue weighted by Crippen LogP contribution is 2.45. The number of halogens is 1. The number of carbonyl (C=O) groups is 5. The standard InChI is InChI=1S/C63H83FN10O8/c1-81-63-22-20-62(21-23-63,82-43-63)42-65-38-55(75)74-24-8-13-49(40-74)47-11-7-12-48(37-47)58(77)66-57(46-9-3-2-4-10-46)61(80)73-29-27-70(28-30-73)39-44-18-25-69(26-19-44)41-56(76)71-31-33-72(34-32-71)60(79)52-35-45(16-17-53(52)64)36-54-50-14-5-6-15-51(50)59(78)68-67-54/h5-7,11-12,14-17,35,37,44,46,49,57,65H,2-4,8-10,13,18-34,36,38-43H2,1H3,(H,66,77)(H,68,78). The molecular weight excluding hydrogens is 1040 g/mol. The molecule has 440 valence electrons. The number of methoxy groups -OCH3 is 1. The van der Waals surface area contributed by atoms with Crippen LogP contribution >= 0.6 is 0 Å². The van der Waals surface area contributed by atoms with Gasteiger partial charge in [-0.05, 0) is 131 Å². The molecule has 5 amide bonds. The molecule has 2 aliphatic carbocycles. The Kier molecular flexibility index (Phi) is 18.1. The highest BCUT2D eigenvalue weighted by molar-refractivity contribution is 5.98. The van der Waals surface area contributed by atoms with Crippen molar-refractivity contribution >= 4 is 40.3 Å². The second-order valence-electron chi connectivity index (χ2n) is 24.7. The summed E-state index contributed by atoms with van der Waals surface area (Å²) < 4.78 is 27.2. The molecule has 8 aliphatic rings. The molecule has 0 spiro atoms. The van der Waals surface area contributed by atoms with E-state index in [0.29, 0.717) is 105 Å². The van der Waals surface area contributed by atoms with E-state index >= 15 is 4.39 Å². The average molecular weight is 1130 g/mol. The van der Waals surface area contributed by atoms with Gasteiger partial charge in [-0.1, -0.05) is 55.7 Å². The number of nitrogens with zero attached hydrogens (tertiary/aromatic N) is 7. The summed E-state index contributed by atoms with van der Waals surface area (Å²) >= 11 is 0. The van der Waals surface area contributed by atoms with Gasteiger partial charge in [-0.3, -0.25) is 38.6 Å². The largest absolute Gasteiger partial charge is 0.376 e. The molecule has 2 saturated carbocycles. The van der Waals surface area contributed by atoms with Crippen molar-refractivity contribution in [2.24, 2.45) is 11.8 Å². The number of nitrogens with one attached hydrogen (secondary N) is 3. The van der Waals surface area contributed by atoms with Gasteiger partial charge < -0.3 is 39.7 Å². The van der Waals surface area contributed by atoms with Gasteiger partial charge in [0.05, 0.1) is 47.5 Å². The molecule has 1 aromatic heterocycles. The van der Waals surface area contributed by atoms with Crippen molar-refractivity contribution in [3.05, 3.63) is 111 Å². The molecule has 2 unspecified atom stereocenters. The zero-order chi connectivity index (χ0) is 56.8. The highest BCUT2D eigenvalue weighted by atomic mass is 19.1. The molecule has 7 heterocycles. The molecule has 2 atom stereocenters. The van der Waals surface area contributed by atoms with Gasteiger partial charge in [0.1, 0.15) is 11.9 Å². The number of H-pyrrole nitrogens is 1. The van der Waals surface area contributed by atoms with E-state index in [1.807, 2.05) is 45.0 Å². The van der Waals surface area contributed by atoms with Gasteiger partial charge in [0.25, 0.3) is 17.4 Å². The van der Waals surface area contributed by atoms with Crippen molar-refractivity contribution in [1.29, 1.82) is 0 Å². The van der Waals surface area contributed by atoms with Crippen molar-refractivity contribution in [1.82, 2.24) is 50.2 Å². The number of likely N-dealkylation sites (tertiary alicyclic amines) is 2. The van der Waals surface area contributed by atoms with Crippen LogP contribution in [0.1, 0.15) is 127 Å². The van der Waals surface area contributed by atoms with Crippen molar-refractivity contribution in [2.45, 2.75) is 113 Å². The van der Waals surface area contributed by atoms with E-state index in [2.05, 4.69) is 36.7 Å². The van der Waals surface area contributed by atoms with Crippen molar-refractivity contribution in [2.75, 3.05) is 118 Å². The van der Waals surface area contributed by atoms with Gasteiger partial charge in [-0.25, -0.2) is 9.49 Å². The van der Waals surface area contributed by atoms with E-state index in [0.717, 1.165) is 128 Å². The fourth-order valence-electron chi connectivity index (χ4n) is 14.2. The van der Waals surface area contributed by atoms with E-state index < -0.39 is 17.8 Å². The summed E-state index contributed by atoms with van der Waals surface area (Å²) in [5.74, 6) is -0.407. The Morgan fingerprint density at radius 2 is 1.48 bits per heavy atom. The van der Waals surface area contributed by atoms with Gasteiger partial charge in [-0.2, -0.15) is 5.10 Å². The first-order valence-corrected chi connectivity index (χ1v) is 30.5.